The third-order valence-corrected chi connectivity index (χ3v) is 1.73. The molecule has 0 amide bonds. The maximum atomic E-state index is 13.1. The quantitative estimate of drug-likeness (QED) is 0.509. The molecule has 0 saturated heterocycles. The Balaban J connectivity index is 3.12. The summed E-state index contributed by atoms with van der Waals surface area (Å²) in [6.45, 7) is 1.95. The van der Waals surface area contributed by atoms with Crippen LogP contribution < -0.4 is 5.73 Å². The molecule has 3 heteroatoms. The summed E-state index contributed by atoms with van der Waals surface area (Å²) in [5, 5.41) is 7.04. The van der Waals surface area contributed by atoms with Crippen LogP contribution in [0.2, 0.25) is 0 Å². The van der Waals surface area contributed by atoms with Crippen LogP contribution in [0.3, 0.4) is 0 Å². The van der Waals surface area contributed by atoms with Crippen LogP contribution >= 0.6 is 0 Å². The summed E-state index contributed by atoms with van der Waals surface area (Å²) < 4.78 is 13.1. The Kier molecular flexibility index (Phi) is 2.43. The zero-order valence-electron chi connectivity index (χ0n) is 6.89. The molecule has 3 N–H and O–H groups in total. The van der Waals surface area contributed by atoms with Gasteiger partial charge in [-0.05, 0) is 24.1 Å². The van der Waals surface area contributed by atoms with Crippen LogP contribution in [0.1, 0.15) is 18.1 Å². The van der Waals surface area contributed by atoms with Gasteiger partial charge in [0.2, 0.25) is 0 Å². The minimum atomic E-state index is -0.415. The fourth-order valence-corrected chi connectivity index (χ4v) is 0.997. The number of rotatable bonds is 2. The number of halogens is 1. The summed E-state index contributed by atoms with van der Waals surface area (Å²) >= 11 is 0. The predicted molar refractivity (Wildman–Crippen MR) is 46.8 cm³/mol. The molecule has 0 unspecified atom stereocenters. The van der Waals surface area contributed by atoms with Gasteiger partial charge in [0.1, 0.15) is 11.7 Å². The molecule has 0 saturated carbocycles. The molecule has 0 aliphatic heterocycles. The largest absolute Gasteiger partial charge is 0.384 e. The molecule has 1 rings (SSSR count). The van der Waals surface area contributed by atoms with E-state index in [-0.39, 0.29) is 11.4 Å². The summed E-state index contributed by atoms with van der Waals surface area (Å²) in [4.78, 5) is 0. The van der Waals surface area contributed by atoms with Crippen LogP contribution in [0.15, 0.2) is 18.2 Å². The molecule has 1 aromatic carbocycles. The summed E-state index contributed by atoms with van der Waals surface area (Å²) in [5.41, 5.74) is 6.24. The molecule has 0 aromatic heterocycles. The van der Waals surface area contributed by atoms with Crippen molar-refractivity contribution in [1.82, 2.24) is 0 Å². The number of hydrogen-bond donors (Lipinski definition) is 2. The first-order chi connectivity index (χ1) is 5.65. The van der Waals surface area contributed by atoms with Gasteiger partial charge in [0.05, 0.1) is 5.56 Å². The molecule has 0 aliphatic carbocycles. The average molecular weight is 166 g/mol. The Morgan fingerprint density at radius 2 is 2.25 bits per heavy atom. The van der Waals surface area contributed by atoms with Gasteiger partial charge in [0.25, 0.3) is 0 Å². The Hall–Kier alpha value is -1.38. The molecule has 0 bridgehead atoms. The Morgan fingerprint density at radius 1 is 1.58 bits per heavy atom. The second-order valence-corrected chi connectivity index (χ2v) is 2.58. The summed E-state index contributed by atoms with van der Waals surface area (Å²) in [5.74, 6) is -0.642. The fourth-order valence-electron chi connectivity index (χ4n) is 0.997. The number of nitrogen functional groups attached to an aromatic ring is 1. The van der Waals surface area contributed by atoms with Crippen molar-refractivity contribution < 1.29 is 4.39 Å². The van der Waals surface area contributed by atoms with Gasteiger partial charge in [0.15, 0.2) is 0 Å². The minimum absolute atomic E-state index is 0.173. The van der Waals surface area contributed by atoms with Crippen molar-refractivity contribution in [2.24, 2.45) is 5.73 Å². The first-order valence-electron chi connectivity index (χ1n) is 3.78. The first-order valence-corrected chi connectivity index (χ1v) is 3.78. The molecule has 12 heavy (non-hydrogen) atoms. The number of hydrogen-bond acceptors (Lipinski definition) is 1. The lowest BCUT2D eigenvalue weighted by Gasteiger charge is -2.02. The van der Waals surface area contributed by atoms with E-state index in [0.717, 1.165) is 12.0 Å². The molecule has 0 heterocycles. The Labute approximate surface area is 70.7 Å². The predicted octanol–water partition coefficient (Wildman–Crippen LogP) is 1.67. The number of benzene rings is 1. The van der Waals surface area contributed by atoms with Crippen LogP contribution in [0.25, 0.3) is 0 Å². The maximum absolute atomic E-state index is 13.1. The Bertz CT molecular complexity index is 307. The van der Waals surface area contributed by atoms with Crippen molar-refractivity contribution in [2.45, 2.75) is 13.3 Å². The Morgan fingerprint density at radius 3 is 2.67 bits per heavy atom. The second-order valence-electron chi connectivity index (χ2n) is 2.58. The molecular weight excluding hydrogens is 155 g/mol. The van der Waals surface area contributed by atoms with E-state index < -0.39 is 5.82 Å². The van der Waals surface area contributed by atoms with Gasteiger partial charge in [-0.15, -0.1) is 0 Å². The van der Waals surface area contributed by atoms with E-state index in [1.807, 2.05) is 6.92 Å². The normalized spacial score (nSPS) is 9.83. The van der Waals surface area contributed by atoms with Gasteiger partial charge in [0, 0.05) is 0 Å². The zero-order chi connectivity index (χ0) is 9.14. The molecular formula is C9H11FN2. The van der Waals surface area contributed by atoms with Crippen molar-refractivity contribution in [3.05, 3.63) is 35.1 Å². The van der Waals surface area contributed by atoms with Gasteiger partial charge in [-0.3, -0.25) is 5.41 Å². The third-order valence-electron chi connectivity index (χ3n) is 1.73. The number of aryl methyl sites for hydroxylation is 1. The third kappa shape index (κ3) is 1.61. The monoisotopic (exact) mass is 166 g/mol. The topological polar surface area (TPSA) is 49.9 Å². The first kappa shape index (κ1) is 8.71. The lowest BCUT2D eigenvalue weighted by Crippen LogP contribution is -2.13. The number of amidine groups is 1. The lowest BCUT2D eigenvalue weighted by molar-refractivity contribution is 0.622. The van der Waals surface area contributed by atoms with Crippen molar-refractivity contribution >= 4 is 5.84 Å². The second kappa shape index (κ2) is 3.34. The minimum Gasteiger partial charge on any atom is -0.384 e. The average Bonchev–Trinajstić information content (AvgIpc) is 2.03. The lowest BCUT2D eigenvalue weighted by atomic mass is 10.1. The van der Waals surface area contributed by atoms with E-state index >= 15 is 0 Å². The van der Waals surface area contributed by atoms with Crippen molar-refractivity contribution in [3.8, 4) is 0 Å². The molecule has 2 nitrogen and oxygen atoms in total. The zero-order valence-corrected chi connectivity index (χ0v) is 6.89. The van der Waals surface area contributed by atoms with Gasteiger partial charge in [-0.1, -0.05) is 13.0 Å². The summed E-state index contributed by atoms with van der Waals surface area (Å²) in [6.07, 6.45) is 0.787. The van der Waals surface area contributed by atoms with E-state index in [1.165, 1.54) is 12.1 Å². The van der Waals surface area contributed by atoms with E-state index in [9.17, 15) is 4.39 Å². The van der Waals surface area contributed by atoms with E-state index in [1.54, 1.807) is 6.07 Å². The van der Waals surface area contributed by atoms with Crippen LogP contribution in [0.5, 0.6) is 0 Å². The highest BCUT2D eigenvalue weighted by Crippen LogP contribution is 2.09. The molecule has 0 radical (unpaired) electrons. The van der Waals surface area contributed by atoms with Crippen LogP contribution in [0.4, 0.5) is 4.39 Å². The van der Waals surface area contributed by atoms with Gasteiger partial charge >= 0.3 is 0 Å². The summed E-state index contributed by atoms with van der Waals surface area (Å²) in [6, 6.07) is 4.73. The van der Waals surface area contributed by atoms with Gasteiger partial charge in [-0.25, -0.2) is 4.39 Å². The van der Waals surface area contributed by atoms with E-state index in [4.69, 9.17) is 11.1 Å². The van der Waals surface area contributed by atoms with E-state index in [0.29, 0.717) is 0 Å². The van der Waals surface area contributed by atoms with Crippen molar-refractivity contribution in [2.75, 3.05) is 0 Å². The number of nitrogens with one attached hydrogen (secondary N) is 1. The fraction of sp³-hybridized carbons (Fsp3) is 0.222. The standard InChI is InChI=1S/C9H11FN2/c1-2-6-3-4-7(9(11)12)8(10)5-6/h3-5H,2H2,1H3,(H3,11,12). The molecule has 0 atom stereocenters. The molecule has 0 aliphatic rings. The van der Waals surface area contributed by atoms with Gasteiger partial charge in [-0.2, -0.15) is 0 Å². The maximum Gasteiger partial charge on any atom is 0.134 e. The highest BCUT2D eigenvalue weighted by Gasteiger charge is 2.04. The van der Waals surface area contributed by atoms with Crippen LogP contribution in [0, 0.1) is 11.2 Å². The van der Waals surface area contributed by atoms with Gasteiger partial charge < -0.3 is 5.73 Å². The van der Waals surface area contributed by atoms with Crippen molar-refractivity contribution in [1.29, 1.82) is 5.41 Å². The molecule has 0 spiro atoms. The van der Waals surface area contributed by atoms with Crippen LogP contribution in [-0.4, -0.2) is 5.84 Å². The number of nitrogens with two attached hydrogens (primary N) is 1. The van der Waals surface area contributed by atoms with Crippen molar-refractivity contribution in [3.63, 3.8) is 0 Å². The molecule has 1 aromatic rings. The highest BCUT2D eigenvalue weighted by atomic mass is 19.1. The molecule has 64 valence electrons. The SMILES string of the molecule is CCc1ccc(C(=N)N)c(F)c1. The summed E-state index contributed by atoms with van der Waals surface area (Å²) in [7, 11) is 0. The highest BCUT2D eigenvalue weighted by molar-refractivity contribution is 5.95. The van der Waals surface area contributed by atoms with Crippen LogP contribution in [-0.2, 0) is 6.42 Å². The molecule has 0 fully saturated rings. The van der Waals surface area contributed by atoms with E-state index in [2.05, 4.69) is 0 Å². The smallest absolute Gasteiger partial charge is 0.134 e.